The molecule has 0 radical (unpaired) electrons. The Labute approximate surface area is 106 Å². The van der Waals surface area contributed by atoms with Crippen LogP contribution in [0.1, 0.15) is 27.2 Å². The fourth-order valence-corrected chi connectivity index (χ4v) is 0.410. The van der Waals surface area contributed by atoms with Crippen LogP contribution in [0.25, 0.3) is 0 Å². The number of carbonyl (C=O) groups is 3. The van der Waals surface area contributed by atoms with Crippen LogP contribution in [0.2, 0.25) is 0 Å². The Morgan fingerprint density at radius 3 is 1.44 bits per heavy atom. The summed E-state index contributed by atoms with van der Waals surface area (Å²) in [5.74, 6) is -2.32. The van der Waals surface area contributed by atoms with Gasteiger partial charge in [0.15, 0.2) is 0 Å². The average molecular weight is 254 g/mol. The van der Waals surface area contributed by atoms with Crippen molar-refractivity contribution in [2.24, 2.45) is 0 Å². The van der Waals surface area contributed by atoms with Crippen LogP contribution in [0, 0.1) is 0 Å². The number of hydrogen-bond donors (Lipinski definition) is 1. The highest BCUT2D eigenvalue weighted by Gasteiger charge is 2.10. The van der Waals surface area contributed by atoms with Gasteiger partial charge in [-0.1, -0.05) is 26.7 Å². The van der Waals surface area contributed by atoms with Crippen LogP contribution in [0.4, 0.5) is 0 Å². The van der Waals surface area contributed by atoms with Gasteiger partial charge in [-0.3, -0.25) is 0 Å². The summed E-state index contributed by atoms with van der Waals surface area (Å²) in [5, 5.41) is 8.08. The number of aliphatic carboxylic acids is 1. The molecule has 0 bridgehead atoms. The summed E-state index contributed by atoms with van der Waals surface area (Å²) in [4.78, 5) is 31.2. The number of rotatable bonds is 4. The smallest absolute Gasteiger partial charge is 0.340 e. The Kier molecular flexibility index (Phi) is 9.02. The van der Waals surface area contributed by atoms with Crippen LogP contribution < -0.4 is 0 Å². The van der Waals surface area contributed by atoms with Gasteiger partial charge in [0.1, 0.15) is 0 Å². The first kappa shape index (κ1) is 18.2. The summed E-state index contributed by atoms with van der Waals surface area (Å²) in [7, 11) is 0. The van der Waals surface area contributed by atoms with Gasteiger partial charge in [-0.15, -0.1) is 0 Å². The summed E-state index contributed by atoms with van der Waals surface area (Å²) in [6.07, 6.45) is 0.523. The fraction of sp³-hybridized carbons (Fsp3) is 0.308. The third kappa shape index (κ3) is 9.08. The molecule has 0 rings (SSSR count). The van der Waals surface area contributed by atoms with Gasteiger partial charge in [0, 0.05) is 16.7 Å². The second-order valence-electron chi connectivity index (χ2n) is 3.50. The Balaban J connectivity index is 0. The van der Waals surface area contributed by atoms with Crippen LogP contribution >= 0.6 is 0 Å². The zero-order valence-electron chi connectivity index (χ0n) is 10.9. The van der Waals surface area contributed by atoms with Crippen LogP contribution in [-0.2, 0) is 19.1 Å². The molecule has 0 atom stereocenters. The Morgan fingerprint density at radius 1 is 1.00 bits per heavy atom. The van der Waals surface area contributed by atoms with Crippen LogP contribution in [0.5, 0.6) is 0 Å². The van der Waals surface area contributed by atoms with Crippen molar-refractivity contribution in [2.45, 2.75) is 27.2 Å². The Hall–Kier alpha value is -2.17. The number of ether oxygens (including phenoxy) is 1. The lowest BCUT2D eigenvalue weighted by Crippen LogP contribution is -2.12. The summed E-state index contributed by atoms with van der Waals surface area (Å²) >= 11 is 0. The van der Waals surface area contributed by atoms with Crippen molar-refractivity contribution in [3.63, 3.8) is 0 Å². The minimum Gasteiger partial charge on any atom is -0.478 e. The number of esters is 2. The molecular weight excluding hydrogens is 236 g/mol. The molecule has 0 saturated heterocycles. The van der Waals surface area contributed by atoms with E-state index in [-0.39, 0.29) is 16.7 Å². The zero-order chi connectivity index (χ0) is 14.9. The molecule has 0 aliphatic heterocycles. The zero-order valence-corrected chi connectivity index (χ0v) is 10.9. The molecule has 0 aromatic rings. The van der Waals surface area contributed by atoms with Crippen LogP contribution in [0.15, 0.2) is 36.5 Å². The van der Waals surface area contributed by atoms with E-state index in [1.54, 1.807) is 6.92 Å². The maximum atomic E-state index is 10.7. The molecule has 5 heteroatoms. The topological polar surface area (TPSA) is 80.7 Å². The first-order valence-corrected chi connectivity index (χ1v) is 5.12. The molecule has 5 nitrogen and oxygen atoms in total. The Morgan fingerprint density at radius 2 is 1.33 bits per heavy atom. The van der Waals surface area contributed by atoms with E-state index in [9.17, 15) is 14.4 Å². The second kappa shape index (κ2) is 8.92. The van der Waals surface area contributed by atoms with E-state index in [2.05, 4.69) is 24.5 Å². The van der Waals surface area contributed by atoms with Crippen molar-refractivity contribution in [1.82, 2.24) is 0 Å². The lowest BCUT2D eigenvalue weighted by atomic mass is 10.2. The van der Waals surface area contributed by atoms with E-state index in [4.69, 9.17) is 5.11 Å². The Bertz CT molecular complexity index is 366. The van der Waals surface area contributed by atoms with Gasteiger partial charge in [-0.25, -0.2) is 14.4 Å². The molecule has 0 heterocycles. The standard InChI is InChI=1S/C8H10O3.C5H8O2/c1-5(2)7(9)11-8(10)6(3)4;1-3-4(2)5(6)7/h1,3H2,2,4H3;2-3H2,1H3,(H,6,7). The summed E-state index contributed by atoms with van der Waals surface area (Å²) < 4.78 is 4.30. The van der Waals surface area contributed by atoms with E-state index >= 15 is 0 Å². The summed E-state index contributed by atoms with van der Waals surface area (Å²) in [6.45, 7) is 14.6. The minimum atomic E-state index is -0.900. The minimum absolute atomic E-state index is 0.194. The van der Waals surface area contributed by atoms with Crippen molar-refractivity contribution in [1.29, 1.82) is 0 Å². The van der Waals surface area contributed by atoms with E-state index in [0.717, 1.165) is 0 Å². The third-order valence-corrected chi connectivity index (χ3v) is 1.61. The average Bonchev–Trinajstić information content (AvgIpc) is 2.28. The third-order valence-electron chi connectivity index (χ3n) is 1.61. The molecule has 0 aliphatic rings. The molecule has 18 heavy (non-hydrogen) atoms. The number of carboxylic acids is 1. The molecule has 0 aromatic heterocycles. The lowest BCUT2D eigenvalue weighted by molar-refractivity contribution is -0.154. The predicted octanol–water partition coefficient (Wildman–Crippen LogP) is 2.25. The quantitative estimate of drug-likeness (QED) is 0.472. The highest BCUT2D eigenvalue weighted by atomic mass is 16.6. The summed E-state index contributed by atoms with van der Waals surface area (Å²) in [5.41, 5.74) is 0.652. The van der Waals surface area contributed by atoms with Crippen LogP contribution in [0.3, 0.4) is 0 Å². The van der Waals surface area contributed by atoms with Gasteiger partial charge in [-0.2, -0.15) is 0 Å². The van der Waals surface area contributed by atoms with Crippen molar-refractivity contribution >= 4 is 17.9 Å². The van der Waals surface area contributed by atoms with Gasteiger partial charge in [0.2, 0.25) is 0 Å². The second-order valence-corrected chi connectivity index (χ2v) is 3.50. The molecule has 0 amide bonds. The SMILES string of the molecule is C=C(C)C(=O)OC(=O)C(=C)C.C=C(CC)C(=O)O. The van der Waals surface area contributed by atoms with Crippen molar-refractivity contribution in [3.05, 3.63) is 36.5 Å². The highest BCUT2D eigenvalue weighted by molar-refractivity contribution is 6.00. The van der Waals surface area contributed by atoms with Crippen molar-refractivity contribution < 1.29 is 24.2 Å². The normalized spacial score (nSPS) is 8.39. The first-order chi connectivity index (χ1) is 8.13. The van der Waals surface area contributed by atoms with Crippen molar-refractivity contribution in [3.8, 4) is 0 Å². The molecular formula is C13H18O5. The number of carbonyl (C=O) groups excluding carboxylic acids is 2. The molecule has 0 fully saturated rings. The largest absolute Gasteiger partial charge is 0.478 e. The number of hydrogen-bond acceptors (Lipinski definition) is 4. The van der Waals surface area contributed by atoms with Crippen molar-refractivity contribution in [2.75, 3.05) is 0 Å². The molecule has 0 aromatic carbocycles. The monoisotopic (exact) mass is 254 g/mol. The molecule has 0 spiro atoms. The van der Waals surface area contributed by atoms with Gasteiger partial charge in [0.05, 0.1) is 0 Å². The van der Waals surface area contributed by atoms with E-state index in [1.165, 1.54) is 13.8 Å². The lowest BCUT2D eigenvalue weighted by Gasteiger charge is -1.99. The first-order valence-electron chi connectivity index (χ1n) is 5.12. The molecule has 0 aliphatic carbocycles. The van der Waals surface area contributed by atoms with Gasteiger partial charge in [-0.05, 0) is 20.3 Å². The molecule has 0 saturated carbocycles. The predicted molar refractivity (Wildman–Crippen MR) is 67.8 cm³/mol. The van der Waals surface area contributed by atoms with Crippen LogP contribution in [-0.4, -0.2) is 23.0 Å². The van der Waals surface area contributed by atoms with Gasteiger partial charge in [0.25, 0.3) is 0 Å². The number of carboxylic acid groups (broad SMARTS) is 1. The van der Waals surface area contributed by atoms with Gasteiger partial charge >= 0.3 is 17.9 Å². The molecule has 1 N–H and O–H groups in total. The molecule has 100 valence electrons. The summed E-state index contributed by atoms with van der Waals surface area (Å²) in [6, 6.07) is 0. The van der Waals surface area contributed by atoms with E-state index in [1.807, 2.05) is 0 Å². The van der Waals surface area contributed by atoms with E-state index in [0.29, 0.717) is 6.42 Å². The fourth-order valence-electron chi connectivity index (χ4n) is 0.410. The highest BCUT2D eigenvalue weighted by Crippen LogP contribution is 1.97. The maximum Gasteiger partial charge on any atom is 0.340 e. The molecule has 0 unspecified atom stereocenters. The van der Waals surface area contributed by atoms with E-state index < -0.39 is 17.9 Å². The van der Waals surface area contributed by atoms with Gasteiger partial charge < -0.3 is 9.84 Å². The maximum absolute atomic E-state index is 10.7.